The topological polar surface area (TPSA) is 27.6 Å². The number of amidine groups is 1. The first-order valence-corrected chi connectivity index (χ1v) is 9.25. The van der Waals surface area contributed by atoms with Crippen molar-refractivity contribution in [3.8, 4) is 0 Å². The zero-order valence-electron chi connectivity index (χ0n) is 13.6. The molecule has 3 nitrogen and oxygen atoms in total. The van der Waals surface area contributed by atoms with E-state index in [9.17, 15) is 0 Å². The average molecular weight is 374 g/mol. The summed E-state index contributed by atoms with van der Waals surface area (Å²) in [5.41, 5.74) is 1.37. The van der Waals surface area contributed by atoms with E-state index in [0.717, 1.165) is 39.1 Å². The molecule has 0 saturated heterocycles. The van der Waals surface area contributed by atoms with Crippen LogP contribution < -0.4 is 5.32 Å². The Kier molecular flexibility index (Phi) is 5.68. The molecule has 0 radical (unpaired) electrons. The van der Waals surface area contributed by atoms with Crippen LogP contribution in [0.25, 0.3) is 10.8 Å². The van der Waals surface area contributed by atoms with Crippen molar-refractivity contribution in [1.82, 2.24) is 10.2 Å². The van der Waals surface area contributed by atoms with Gasteiger partial charge in [-0.1, -0.05) is 65.3 Å². The number of alkyl halides is 1. The van der Waals surface area contributed by atoms with Crippen LogP contribution in [0.4, 0.5) is 0 Å². The predicted octanol–water partition coefficient (Wildman–Crippen LogP) is 3.47. The number of hydrogen-bond acceptors (Lipinski definition) is 3. The van der Waals surface area contributed by atoms with Gasteiger partial charge in [0.2, 0.25) is 0 Å². The molecule has 0 amide bonds. The maximum absolute atomic E-state index is 4.74. The molecule has 1 heterocycles. The highest BCUT2D eigenvalue weighted by atomic mass is 79.9. The number of benzene rings is 2. The van der Waals surface area contributed by atoms with Gasteiger partial charge in [0.25, 0.3) is 0 Å². The first kappa shape index (κ1) is 16.5. The molecule has 0 bridgehead atoms. The Bertz CT molecular complexity index is 676. The zero-order chi connectivity index (χ0) is 16.1. The molecular formula is C19H24BrN3. The van der Waals surface area contributed by atoms with Gasteiger partial charge >= 0.3 is 0 Å². The lowest BCUT2D eigenvalue weighted by Crippen LogP contribution is -2.36. The first-order valence-electron chi connectivity index (χ1n) is 8.34. The summed E-state index contributed by atoms with van der Waals surface area (Å²) >= 11 is 3.57. The quantitative estimate of drug-likeness (QED) is 0.594. The van der Waals surface area contributed by atoms with E-state index in [1.165, 1.54) is 22.2 Å². The Morgan fingerprint density at radius 1 is 1.22 bits per heavy atom. The number of fused-ring (bicyclic) bond motifs is 1. The van der Waals surface area contributed by atoms with Crippen LogP contribution in [-0.2, 0) is 6.42 Å². The van der Waals surface area contributed by atoms with Crippen LogP contribution in [-0.4, -0.2) is 48.3 Å². The van der Waals surface area contributed by atoms with Crippen molar-refractivity contribution in [2.75, 3.05) is 32.7 Å². The van der Waals surface area contributed by atoms with E-state index in [1.54, 1.807) is 0 Å². The van der Waals surface area contributed by atoms with Crippen LogP contribution >= 0.6 is 15.9 Å². The molecule has 2 aromatic rings. The lowest BCUT2D eigenvalue weighted by molar-refractivity contribution is 0.439. The van der Waals surface area contributed by atoms with Crippen LogP contribution in [0.3, 0.4) is 0 Å². The molecule has 1 unspecified atom stereocenters. The van der Waals surface area contributed by atoms with E-state index >= 15 is 0 Å². The molecule has 2 aromatic carbocycles. The van der Waals surface area contributed by atoms with Gasteiger partial charge in [0.15, 0.2) is 0 Å². The van der Waals surface area contributed by atoms with Gasteiger partial charge in [0, 0.05) is 37.4 Å². The minimum Gasteiger partial charge on any atom is -0.357 e. The van der Waals surface area contributed by atoms with E-state index < -0.39 is 0 Å². The lowest BCUT2D eigenvalue weighted by Gasteiger charge is -2.21. The van der Waals surface area contributed by atoms with E-state index in [2.05, 4.69) is 75.5 Å². The van der Waals surface area contributed by atoms with E-state index in [-0.39, 0.29) is 0 Å². The van der Waals surface area contributed by atoms with Crippen LogP contribution in [0.2, 0.25) is 0 Å². The second-order valence-electron chi connectivity index (χ2n) is 6.08. The van der Waals surface area contributed by atoms with Crippen molar-refractivity contribution in [3.05, 3.63) is 48.0 Å². The summed E-state index contributed by atoms with van der Waals surface area (Å²) in [6.07, 6.45) is 0.927. The molecule has 0 saturated carbocycles. The molecule has 0 spiro atoms. The van der Waals surface area contributed by atoms with Crippen molar-refractivity contribution in [2.24, 2.45) is 4.99 Å². The molecule has 1 N–H and O–H groups in total. The normalized spacial score (nSPS) is 15.9. The van der Waals surface area contributed by atoms with Crippen molar-refractivity contribution in [1.29, 1.82) is 0 Å². The van der Waals surface area contributed by atoms with E-state index in [4.69, 9.17) is 4.99 Å². The molecule has 1 atom stereocenters. The smallest absolute Gasteiger partial charge is 0.103 e. The van der Waals surface area contributed by atoms with Crippen molar-refractivity contribution < 1.29 is 0 Å². The van der Waals surface area contributed by atoms with Crippen molar-refractivity contribution >= 4 is 32.5 Å². The minimum absolute atomic E-state index is 0.518. The van der Waals surface area contributed by atoms with Crippen LogP contribution in [0.15, 0.2) is 47.5 Å². The zero-order valence-corrected chi connectivity index (χ0v) is 15.2. The van der Waals surface area contributed by atoms with Gasteiger partial charge in [0.1, 0.15) is 5.84 Å². The van der Waals surface area contributed by atoms with Gasteiger partial charge in [0.05, 0.1) is 6.54 Å². The lowest BCUT2D eigenvalue weighted by atomic mass is 10.0. The van der Waals surface area contributed by atoms with Gasteiger partial charge in [-0.25, -0.2) is 0 Å². The first-order chi connectivity index (χ1) is 11.2. The third-order valence-electron chi connectivity index (χ3n) is 4.24. The SMILES string of the molecule is CC(Br)CNCCN1CCN=C1Cc1cccc2ccccc12. The van der Waals surface area contributed by atoms with E-state index in [1.807, 2.05) is 0 Å². The Balaban J connectivity index is 1.64. The largest absolute Gasteiger partial charge is 0.357 e. The highest BCUT2D eigenvalue weighted by Gasteiger charge is 2.17. The van der Waals surface area contributed by atoms with Gasteiger partial charge in [-0.2, -0.15) is 0 Å². The summed E-state index contributed by atoms with van der Waals surface area (Å²) in [4.78, 5) is 7.68. The fraction of sp³-hybridized carbons (Fsp3) is 0.421. The van der Waals surface area contributed by atoms with E-state index in [0.29, 0.717) is 4.83 Å². The Morgan fingerprint density at radius 3 is 2.91 bits per heavy atom. The van der Waals surface area contributed by atoms with Gasteiger partial charge in [-0.3, -0.25) is 4.99 Å². The summed E-state index contributed by atoms with van der Waals surface area (Å²) in [5.74, 6) is 1.23. The number of nitrogens with zero attached hydrogens (tertiary/aromatic N) is 2. The van der Waals surface area contributed by atoms with Crippen LogP contribution in [0.5, 0.6) is 0 Å². The fourth-order valence-corrected chi connectivity index (χ4v) is 3.30. The van der Waals surface area contributed by atoms with Gasteiger partial charge in [-0.15, -0.1) is 0 Å². The fourth-order valence-electron chi connectivity index (χ4n) is 3.07. The monoisotopic (exact) mass is 373 g/mol. The second-order valence-corrected chi connectivity index (χ2v) is 7.65. The summed E-state index contributed by atoms with van der Waals surface area (Å²) in [6, 6.07) is 15.2. The third kappa shape index (κ3) is 4.33. The standard InChI is InChI=1S/C19H24BrN3/c1-15(20)14-21-9-11-23-12-10-22-19(23)13-17-7-4-6-16-5-2-3-8-18(16)17/h2-8,15,21H,9-14H2,1H3. The summed E-state index contributed by atoms with van der Waals surface area (Å²) in [7, 11) is 0. The number of nitrogens with one attached hydrogen (secondary N) is 1. The van der Waals surface area contributed by atoms with Crippen LogP contribution in [0.1, 0.15) is 12.5 Å². The molecule has 23 heavy (non-hydrogen) atoms. The Morgan fingerprint density at radius 2 is 2.04 bits per heavy atom. The maximum Gasteiger partial charge on any atom is 0.103 e. The molecular weight excluding hydrogens is 350 g/mol. The highest BCUT2D eigenvalue weighted by molar-refractivity contribution is 9.09. The maximum atomic E-state index is 4.74. The number of hydrogen-bond donors (Lipinski definition) is 1. The molecule has 0 fully saturated rings. The van der Waals surface area contributed by atoms with Gasteiger partial charge in [-0.05, 0) is 16.3 Å². The molecule has 1 aliphatic rings. The minimum atomic E-state index is 0.518. The molecule has 3 rings (SSSR count). The summed E-state index contributed by atoms with van der Waals surface area (Å²) in [5, 5.41) is 6.13. The van der Waals surface area contributed by atoms with Crippen LogP contribution in [0, 0.1) is 0 Å². The summed E-state index contributed by atoms with van der Waals surface area (Å²) in [6.45, 7) is 7.17. The molecule has 0 aliphatic carbocycles. The number of halogens is 1. The number of aliphatic imine (C=N–C) groups is 1. The predicted molar refractivity (Wildman–Crippen MR) is 103 cm³/mol. The van der Waals surface area contributed by atoms with Gasteiger partial charge < -0.3 is 10.2 Å². The number of rotatable bonds is 7. The summed E-state index contributed by atoms with van der Waals surface area (Å²) < 4.78 is 0. The molecule has 4 heteroatoms. The molecule has 122 valence electrons. The molecule has 0 aromatic heterocycles. The second kappa shape index (κ2) is 7.93. The molecule has 1 aliphatic heterocycles. The van der Waals surface area contributed by atoms with Crippen molar-refractivity contribution in [2.45, 2.75) is 18.2 Å². The Labute approximate surface area is 146 Å². The highest BCUT2D eigenvalue weighted by Crippen LogP contribution is 2.20. The average Bonchev–Trinajstić information content (AvgIpc) is 2.99. The van der Waals surface area contributed by atoms with Crippen molar-refractivity contribution in [3.63, 3.8) is 0 Å². The Hall–Kier alpha value is -1.39. The third-order valence-corrected chi connectivity index (χ3v) is 4.57.